The van der Waals surface area contributed by atoms with Gasteiger partial charge < -0.3 is 15.2 Å². The van der Waals surface area contributed by atoms with E-state index >= 15 is 0 Å². The lowest BCUT2D eigenvalue weighted by molar-refractivity contribution is -0.142. The number of aliphatic carboxylic acids is 1. The molecular weight excluding hydrogens is 224 g/mol. The van der Waals surface area contributed by atoms with Gasteiger partial charge in [-0.1, -0.05) is 0 Å². The molecule has 0 atom stereocenters. The van der Waals surface area contributed by atoms with Crippen LogP contribution in [-0.2, 0) is 9.53 Å². The molecule has 1 amide bonds. The van der Waals surface area contributed by atoms with Crippen molar-refractivity contribution in [3.05, 3.63) is 29.6 Å². The Balaban J connectivity index is 2.28. The second-order valence-corrected chi connectivity index (χ2v) is 3.45. The van der Waals surface area contributed by atoms with Gasteiger partial charge in [0.1, 0.15) is 6.61 Å². The third-order valence-corrected chi connectivity index (χ3v) is 1.89. The maximum Gasteiger partial charge on any atom is 0.329 e. The first-order valence-electron chi connectivity index (χ1n) is 5.09. The van der Waals surface area contributed by atoms with Gasteiger partial charge in [-0.15, -0.1) is 0 Å². The molecule has 0 bridgehead atoms. The molecule has 6 nitrogen and oxygen atoms in total. The number of carboxylic acids is 1. The number of aryl methyl sites for hydroxylation is 1. The van der Waals surface area contributed by atoms with E-state index in [9.17, 15) is 9.59 Å². The molecule has 6 heteroatoms. The van der Waals surface area contributed by atoms with E-state index in [1.165, 1.54) is 6.20 Å². The summed E-state index contributed by atoms with van der Waals surface area (Å²) in [4.78, 5) is 25.6. The standard InChI is InChI=1S/C11H14N2O4/c1-8-4-9(6-12-5-8)11(16)13-2-3-17-7-10(14)15/h4-6H,2-3,7H2,1H3,(H,13,16)(H,14,15). The first-order valence-corrected chi connectivity index (χ1v) is 5.09. The first-order chi connectivity index (χ1) is 8.09. The van der Waals surface area contributed by atoms with Gasteiger partial charge in [0.05, 0.1) is 12.2 Å². The Hall–Kier alpha value is -1.95. The predicted octanol–water partition coefficient (Wildman–Crippen LogP) is 0.221. The van der Waals surface area contributed by atoms with Crippen LogP contribution < -0.4 is 5.32 Å². The Labute approximate surface area is 98.6 Å². The SMILES string of the molecule is Cc1cncc(C(=O)NCCOCC(=O)O)c1. The number of carboxylic acid groups (broad SMARTS) is 1. The van der Waals surface area contributed by atoms with Gasteiger partial charge in [-0.2, -0.15) is 0 Å². The Bertz CT molecular complexity index is 406. The summed E-state index contributed by atoms with van der Waals surface area (Å²) in [7, 11) is 0. The average Bonchev–Trinajstić information content (AvgIpc) is 2.28. The Morgan fingerprint density at radius 2 is 2.24 bits per heavy atom. The van der Waals surface area contributed by atoms with Crippen molar-refractivity contribution in [2.24, 2.45) is 0 Å². The van der Waals surface area contributed by atoms with Crippen LogP contribution >= 0.6 is 0 Å². The van der Waals surface area contributed by atoms with Crippen LogP contribution in [0, 0.1) is 6.92 Å². The largest absolute Gasteiger partial charge is 0.480 e. The molecule has 0 fully saturated rings. The van der Waals surface area contributed by atoms with Gasteiger partial charge in [0.2, 0.25) is 0 Å². The van der Waals surface area contributed by atoms with Crippen molar-refractivity contribution in [1.82, 2.24) is 10.3 Å². The molecule has 92 valence electrons. The van der Waals surface area contributed by atoms with Crippen LogP contribution in [-0.4, -0.2) is 41.7 Å². The van der Waals surface area contributed by atoms with Crippen molar-refractivity contribution < 1.29 is 19.4 Å². The van der Waals surface area contributed by atoms with E-state index in [1.54, 1.807) is 12.3 Å². The Morgan fingerprint density at radius 1 is 1.47 bits per heavy atom. The highest BCUT2D eigenvalue weighted by atomic mass is 16.5. The molecule has 0 spiro atoms. The molecule has 0 radical (unpaired) electrons. The molecule has 0 unspecified atom stereocenters. The van der Waals surface area contributed by atoms with Gasteiger partial charge >= 0.3 is 5.97 Å². The lowest BCUT2D eigenvalue weighted by Gasteiger charge is -2.05. The van der Waals surface area contributed by atoms with E-state index in [-0.39, 0.29) is 25.7 Å². The number of nitrogens with one attached hydrogen (secondary N) is 1. The van der Waals surface area contributed by atoms with Crippen LogP contribution in [0.15, 0.2) is 18.5 Å². The molecule has 1 heterocycles. The zero-order valence-corrected chi connectivity index (χ0v) is 9.47. The summed E-state index contributed by atoms with van der Waals surface area (Å²) in [5.41, 5.74) is 1.38. The fourth-order valence-corrected chi connectivity index (χ4v) is 1.18. The topological polar surface area (TPSA) is 88.5 Å². The maximum absolute atomic E-state index is 11.6. The normalized spacial score (nSPS) is 9.94. The molecule has 0 aliphatic rings. The number of amides is 1. The number of carbonyl (C=O) groups excluding carboxylic acids is 1. The second-order valence-electron chi connectivity index (χ2n) is 3.45. The number of aromatic nitrogens is 1. The first kappa shape index (κ1) is 13.1. The third-order valence-electron chi connectivity index (χ3n) is 1.89. The molecule has 1 rings (SSSR count). The molecular formula is C11H14N2O4. The monoisotopic (exact) mass is 238 g/mol. The molecule has 2 N–H and O–H groups in total. The zero-order valence-electron chi connectivity index (χ0n) is 9.47. The smallest absolute Gasteiger partial charge is 0.329 e. The molecule has 0 aliphatic carbocycles. The number of hydrogen-bond donors (Lipinski definition) is 2. The highest BCUT2D eigenvalue weighted by molar-refractivity contribution is 5.93. The second kappa shape index (κ2) is 6.59. The fraction of sp³-hybridized carbons (Fsp3) is 0.364. The summed E-state index contributed by atoms with van der Waals surface area (Å²) in [5.74, 6) is -1.28. The third kappa shape index (κ3) is 5.07. The molecule has 1 aromatic heterocycles. The van der Waals surface area contributed by atoms with Gasteiger partial charge in [0, 0.05) is 18.9 Å². The van der Waals surface area contributed by atoms with E-state index in [2.05, 4.69) is 10.3 Å². The molecule has 1 aromatic rings. The molecule has 0 aromatic carbocycles. The van der Waals surface area contributed by atoms with Crippen molar-refractivity contribution in [2.75, 3.05) is 19.8 Å². The molecule has 0 saturated carbocycles. The number of nitrogens with zero attached hydrogens (tertiary/aromatic N) is 1. The van der Waals surface area contributed by atoms with E-state index in [4.69, 9.17) is 9.84 Å². The minimum absolute atomic E-state index is 0.164. The molecule has 0 aliphatic heterocycles. The number of hydrogen-bond acceptors (Lipinski definition) is 4. The minimum Gasteiger partial charge on any atom is -0.480 e. The maximum atomic E-state index is 11.6. The molecule has 0 saturated heterocycles. The van der Waals surface area contributed by atoms with Gasteiger partial charge in [0.15, 0.2) is 0 Å². The van der Waals surface area contributed by atoms with E-state index in [0.29, 0.717) is 5.56 Å². The lowest BCUT2D eigenvalue weighted by atomic mass is 10.2. The van der Waals surface area contributed by atoms with Crippen LogP contribution in [0.2, 0.25) is 0 Å². The molecule has 17 heavy (non-hydrogen) atoms. The minimum atomic E-state index is -1.03. The van der Waals surface area contributed by atoms with Crippen molar-refractivity contribution in [2.45, 2.75) is 6.92 Å². The summed E-state index contributed by atoms with van der Waals surface area (Å²) in [6.07, 6.45) is 3.13. The van der Waals surface area contributed by atoms with Crippen molar-refractivity contribution in [3.63, 3.8) is 0 Å². The van der Waals surface area contributed by atoms with Crippen LogP contribution in [0.1, 0.15) is 15.9 Å². The quantitative estimate of drug-likeness (QED) is 0.692. The highest BCUT2D eigenvalue weighted by Gasteiger charge is 2.05. The van der Waals surface area contributed by atoms with Crippen LogP contribution in [0.25, 0.3) is 0 Å². The summed E-state index contributed by atoms with van der Waals surface area (Å²) in [6.45, 7) is 1.92. The van der Waals surface area contributed by atoms with Crippen LogP contribution in [0.4, 0.5) is 0 Å². The Kier molecular flexibility index (Phi) is 5.09. The van der Waals surface area contributed by atoms with Gasteiger partial charge in [-0.25, -0.2) is 4.79 Å². The number of pyridine rings is 1. The lowest BCUT2D eigenvalue weighted by Crippen LogP contribution is -2.28. The van der Waals surface area contributed by atoms with E-state index < -0.39 is 5.97 Å². The fourth-order valence-electron chi connectivity index (χ4n) is 1.18. The highest BCUT2D eigenvalue weighted by Crippen LogP contribution is 2.00. The van der Waals surface area contributed by atoms with Gasteiger partial charge in [-0.3, -0.25) is 9.78 Å². The Morgan fingerprint density at radius 3 is 2.88 bits per heavy atom. The summed E-state index contributed by atoms with van der Waals surface area (Å²) in [5, 5.41) is 10.9. The zero-order chi connectivity index (χ0) is 12.7. The number of ether oxygens (including phenoxy) is 1. The van der Waals surface area contributed by atoms with Gasteiger partial charge in [-0.05, 0) is 18.6 Å². The van der Waals surface area contributed by atoms with E-state index in [1.807, 2.05) is 6.92 Å². The van der Waals surface area contributed by atoms with Gasteiger partial charge in [0.25, 0.3) is 5.91 Å². The van der Waals surface area contributed by atoms with Crippen molar-refractivity contribution in [3.8, 4) is 0 Å². The van der Waals surface area contributed by atoms with E-state index in [0.717, 1.165) is 5.56 Å². The summed E-state index contributed by atoms with van der Waals surface area (Å²) >= 11 is 0. The van der Waals surface area contributed by atoms with Crippen LogP contribution in [0.5, 0.6) is 0 Å². The number of rotatable bonds is 6. The van der Waals surface area contributed by atoms with Crippen molar-refractivity contribution >= 4 is 11.9 Å². The van der Waals surface area contributed by atoms with Crippen LogP contribution in [0.3, 0.4) is 0 Å². The summed E-state index contributed by atoms with van der Waals surface area (Å²) in [6, 6.07) is 1.72. The van der Waals surface area contributed by atoms with Crippen molar-refractivity contribution in [1.29, 1.82) is 0 Å². The summed E-state index contributed by atoms with van der Waals surface area (Å²) < 4.78 is 4.78. The number of carbonyl (C=O) groups is 2. The predicted molar refractivity (Wildman–Crippen MR) is 59.8 cm³/mol. The average molecular weight is 238 g/mol.